The quantitative estimate of drug-likeness (QED) is 0.522. The second-order valence-corrected chi connectivity index (χ2v) is 7.38. The average Bonchev–Trinajstić information content (AvgIpc) is 2.97. The summed E-state index contributed by atoms with van der Waals surface area (Å²) in [6.07, 6.45) is 0.847. The molecule has 1 heterocycles. The molecule has 0 aliphatic carbocycles. The van der Waals surface area contributed by atoms with E-state index in [1.54, 1.807) is 0 Å². The van der Waals surface area contributed by atoms with Crippen molar-refractivity contribution in [1.82, 2.24) is 9.47 Å². The van der Waals surface area contributed by atoms with Gasteiger partial charge in [0.2, 0.25) is 0 Å². The van der Waals surface area contributed by atoms with Crippen LogP contribution in [0.4, 0.5) is 10.1 Å². The first kappa shape index (κ1) is 21.2. The zero-order valence-electron chi connectivity index (χ0n) is 18.0. The fourth-order valence-electron chi connectivity index (χ4n) is 3.65. The lowest BCUT2D eigenvalue weighted by Gasteiger charge is -2.18. The SMILES string of the molecule is CCN(CC)CCOc1c(C)n(C)c2ccc(NCCc3ccc(F)cc3)cc12. The molecule has 0 atom stereocenters. The van der Waals surface area contributed by atoms with Gasteiger partial charge in [0.05, 0.1) is 11.2 Å². The zero-order valence-corrected chi connectivity index (χ0v) is 18.0. The number of aromatic nitrogens is 1. The monoisotopic (exact) mass is 397 g/mol. The number of fused-ring (bicyclic) bond motifs is 1. The molecule has 156 valence electrons. The predicted octanol–water partition coefficient (Wildman–Crippen LogP) is 5.00. The molecular weight excluding hydrogens is 365 g/mol. The van der Waals surface area contributed by atoms with Crippen LogP contribution >= 0.6 is 0 Å². The number of benzene rings is 2. The molecule has 0 radical (unpaired) electrons. The van der Waals surface area contributed by atoms with E-state index in [0.29, 0.717) is 6.61 Å². The number of nitrogens with zero attached hydrogens (tertiary/aromatic N) is 2. The largest absolute Gasteiger partial charge is 0.490 e. The molecule has 0 saturated heterocycles. The van der Waals surface area contributed by atoms with Gasteiger partial charge in [0.1, 0.15) is 18.2 Å². The number of aryl methyl sites for hydroxylation is 1. The van der Waals surface area contributed by atoms with E-state index in [1.165, 1.54) is 17.6 Å². The maximum atomic E-state index is 13.0. The number of nitrogens with one attached hydrogen (secondary N) is 1. The Labute approximate surface area is 173 Å². The maximum Gasteiger partial charge on any atom is 0.147 e. The minimum Gasteiger partial charge on any atom is -0.490 e. The Hall–Kier alpha value is -2.53. The minimum absolute atomic E-state index is 0.194. The number of hydrogen-bond donors (Lipinski definition) is 1. The van der Waals surface area contributed by atoms with Crippen LogP contribution < -0.4 is 10.1 Å². The first-order valence-electron chi connectivity index (χ1n) is 10.5. The highest BCUT2D eigenvalue weighted by Gasteiger charge is 2.14. The molecule has 3 rings (SSSR count). The number of hydrogen-bond acceptors (Lipinski definition) is 3. The smallest absolute Gasteiger partial charge is 0.147 e. The number of rotatable bonds is 10. The average molecular weight is 398 g/mol. The summed E-state index contributed by atoms with van der Waals surface area (Å²) >= 11 is 0. The number of anilines is 1. The molecule has 29 heavy (non-hydrogen) atoms. The molecule has 3 aromatic rings. The van der Waals surface area contributed by atoms with Gasteiger partial charge in [-0.3, -0.25) is 0 Å². The summed E-state index contributed by atoms with van der Waals surface area (Å²) in [6.45, 7) is 10.9. The maximum absolute atomic E-state index is 13.0. The summed E-state index contributed by atoms with van der Waals surface area (Å²) in [6, 6.07) is 13.1. The van der Waals surface area contributed by atoms with Crippen LogP contribution in [0.1, 0.15) is 25.1 Å². The van der Waals surface area contributed by atoms with E-state index in [1.807, 2.05) is 12.1 Å². The summed E-state index contributed by atoms with van der Waals surface area (Å²) in [5.74, 6) is 0.775. The molecule has 0 fully saturated rings. The molecule has 1 aromatic heterocycles. The Morgan fingerprint density at radius 3 is 2.48 bits per heavy atom. The van der Waals surface area contributed by atoms with E-state index >= 15 is 0 Å². The second-order valence-electron chi connectivity index (χ2n) is 7.38. The minimum atomic E-state index is -0.194. The van der Waals surface area contributed by atoms with Gasteiger partial charge in [-0.15, -0.1) is 0 Å². The van der Waals surface area contributed by atoms with Gasteiger partial charge in [-0.05, 0) is 62.3 Å². The fourth-order valence-corrected chi connectivity index (χ4v) is 3.65. The van der Waals surface area contributed by atoms with Crippen LogP contribution in [-0.4, -0.2) is 42.3 Å². The van der Waals surface area contributed by atoms with Crippen molar-refractivity contribution in [2.45, 2.75) is 27.2 Å². The van der Waals surface area contributed by atoms with Gasteiger partial charge < -0.3 is 19.5 Å². The number of ether oxygens (including phenoxy) is 1. The van der Waals surface area contributed by atoms with Crippen molar-refractivity contribution in [2.75, 3.05) is 38.1 Å². The molecular formula is C24H32FN3O. The molecule has 0 unspecified atom stereocenters. The second kappa shape index (κ2) is 9.79. The van der Waals surface area contributed by atoms with Gasteiger partial charge in [0.15, 0.2) is 0 Å². The fraction of sp³-hybridized carbons (Fsp3) is 0.417. The third-order valence-corrected chi connectivity index (χ3v) is 5.64. The molecule has 4 nitrogen and oxygen atoms in total. The van der Waals surface area contributed by atoms with Gasteiger partial charge in [-0.1, -0.05) is 26.0 Å². The lowest BCUT2D eigenvalue weighted by atomic mass is 10.1. The van der Waals surface area contributed by atoms with Gasteiger partial charge >= 0.3 is 0 Å². The molecule has 2 aromatic carbocycles. The van der Waals surface area contributed by atoms with Gasteiger partial charge in [0.25, 0.3) is 0 Å². The highest BCUT2D eigenvalue weighted by molar-refractivity contribution is 5.91. The third-order valence-electron chi connectivity index (χ3n) is 5.64. The number of likely N-dealkylation sites (N-methyl/N-ethyl adjacent to an activating group) is 1. The molecule has 0 amide bonds. The van der Waals surface area contributed by atoms with Crippen molar-refractivity contribution >= 4 is 16.6 Å². The third kappa shape index (κ3) is 5.10. The van der Waals surface area contributed by atoms with E-state index in [4.69, 9.17) is 4.74 Å². The topological polar surface area (TPSA) is 29.4 Å². The molecule has 1 N–H and O–H groups in total. The standard InChI is InChI=1S/C24H32FN3O/c1-5-28(6-2)15-16-29-24-18(3)27(4)23-12-11-21(17-22(23)24)26-14-13-19-7-9-20(25)10-8-19/h7-12,17,26H,5-6,13-16H2,1-4H3. The first-order valence-corrected chi connectivity index (χ1v) is 10.5. The van der Waals surface area contributed by atoms with E-state index in [0.717, 1.165) is 60.7 Å². The Morgan fingerprint density at radius 1 is 1.07 bits per heavy atom. The Bertz CT molecular complexity index is 929. The van der Waals surface area contributed by atoms with Crippen molar-refractivity contribution in [2.24, 2.45) is 7.05 Å². The van der Waals surface area contributed by atoms with Gasteiger partial charge in [0, 0.05) is 31.2 Å². The molecule has 0 aliphatic rings. The zero-order chi connectivity index (χ0) is 20.8. The van der Waals surface area contributed by atoms with Crippen LogP contribution in [-0.2, 0) is 13.5 Å². The van der Waals surface area contributed by atoms with E-state index in [-0.39, 0.29) is 5.82 Å². The van der Waals surface area contributed by atoms with Crippen molar-refractivity contribution < 1.29 is 9.13 Å². The van der Waals surface area contributed by atoms with Crippen molar-refractivity contribution in [1.29, 1.82) is 0 Å². The van der Waals surface area contributed by atoms with Gasteiger partial charge in [-0.2, -0.15) is 0 Å². The predicted molar refractivity (Wildman–Crippen MR) is 120 cm³/mol. The summed E-state index contributed by atoms with van der Waals surface area (Å²) in [4.78, 5) is 2.36. The highest BCUT2D eigenvalue weighted by Crippen LogP contribution is 2.34. The number of halogens is 1. The van der Waals surface area contributed by atoms with Crippen molar-refractivity contribution in [3.8, 4) is 5.75 Å². The van der Waals surface area contributed by atoms with Crippen LogP contribution in [0.15, 0.2) is 42.5 Å². The van der Waals surface area contributed by atoms with E-state index < -0.39 is 0 Å². The molecule has 0 bridgehead atoms. The Morgan fingerprint density at radius 2 is 1.79 bits per heavy atom. The van der Waals surface area contributed by atoms with Crippen LogP contribution in [0.25, 0.3) is 10.9 Å². The molecule has 5 heteroatoms. The molecule has 0 spiro atoms. The summed E-state index contributed by atoms with van der Waals surface area (Å²) in [5.41, 5.74) is 4.50. The normalized spacial score (nSPS) is 11.4. The summed E-state index contributed by atoms with van der Waals surface area (Å²) < 4.78 is 21.4. The van der Waals surface area contributed by atoms with Crippen molar-refractivity contribution in [3.63, 3.8) is 0 Å². The summed E-state index contributed by atoms with van der Waals surface area (Å²) in [5, 5.41) is 4.62. The van der Waals surface area contributed by atoms with Crippen LogP contribution in [0.2, 0.25) is 0 Å². The van der Waals surface area contributed by atoms with Crippen LogP contribution in [0.5, 0.6) is 5.75 Å². The highest BCUT2D eigenvalue weighted by atomic mass is 19.1. The molecule has 0 saturated carbocycles. The molecule has 0 aliphatic heterocycles. The van der Waals surface area contributed by atoms with Crippen LogP contribution in [0, 0.1) is 12.7 Å². The summed E-state index contributed by atoms with van der Waals surface area (Å²) in [7, 11) is 2.08. The van der Waals surface area contributed by atoms with E-state index in [9.17, 15) is 4.39 Å². The van der Waals surface area contributed by atoms with Crippen molar-refractivity contribution in [3.05, 3.63) is 59.5 Å². The lowest BCUT2D eigenvalue weighted by Crippen LogP contribution is -2.27. The Kier molecular flexibility index (Phi) is 7.15. The van der Waals surface area contributed by atoms with Gasteiger partial charge in [-0.25, -0.2) is 4.39 Å². The first-order chi connectivity index (χ1) is 14.0. The van der Waals surface area contributed by atoms with E-state index in [2.05, 4.69) is 60.8 Å². The van der Waals surface area contributed by atoms with Crippen LogP contribution in [0.3, 0.4) is 0 Å². The Balaban J connectivity index is 1.69. The lowest BCUT2D eigenvalue weighted by molar-refractivity contribution is 0.223.